The molecule has 0 atom stereocenters. The van der Waals surface area contributed by atoms with E-state index in [9.17, 15) is 14.9 Å². The molecule has 0 saturated heterocycles. The summed E-state index contributed by atoms with van der Waals surface area (Å²) in [5.74, 6) is -0.300. The van der Waals surface area contributed by atoms with Crippen LogP contribution in [0.25, 0.3) is 27.9 Å². The average molecular weight is 428 g/mol. The quantitative estimate of drug-likeness (QED) is 0.251. The molecule has 4 aromatic rings. The molecule has 2 aromatic carbocycles. The van der Waals surface area contributed by atoms with Crippen molar-refractivity contribution in [2.24, 2.45) is 0 Å². The second kappa shape index (κ2) is 9.10. The number of thiazole rings is 1. The van der Waals surface area contributed by atoms with Crippen molar-refractivity contribution in [1.29, 1.82) is 0 Å². The van der Waals surface area contributed by atoms with E-state index in [0.29, 0.717) is 11.3 Å². The highest BCUT2D eigenvalue weighted by Crippen LogP contribution is 2.29. The monoisotopic (exact) mass is 428 g/mol. The van der Waals surface area contributed by atoms with E-state index >= 15 is 0 Å². The normalized spacial score (nSPS) is 10.8. The molecule has 0 aliphatic heterocycles. The van der Waals surface area contributed by atoms with Gasteiger partial charge in [0.2, 0.25) is 5.91 Å². The van der Waals surface area contributed by atoms with Crippen molar-refractivity contribution >= 4 is 34.7 Å². The van der Waals surface area contributed by atoms with E-state index in [1.165, 1.54) is 18.2 Å². The van der Waals surface area contributed by atoms with Gasteiger partial charge in [0.15, 0.2) is 0 Å². The molecule has 8 heteroatoms. The van der Waals surface area contributed by atoms with Crippen LogP contribution >= 0.6 is 11.3 Å². The Hall–Kier alpha value is -4.17. The molecule has 0 bridgehead atoms. The topological polar surface area (TPSA) is 98.0 Å². The minimum Gasteiger partial charge on any atom is -0.322 e. The Kier molecular flexibility index (Phi) is 5.91. The minimum absolute atomic E-state index is 0.00699. The second-order valence-electron chi connectivity index (χ2n) is 6.53. The first-order valence-corrected chi connectivity index (χ1v) is 10.2. The fourth-order valence-electron chi connectivity index (χ4n) is 2.85. The lowest BCUT2D eigenvalue weighted by Crippen LogP contribution is -2.07. The van der Waals surface area contributed by atoms with Gasteiger partial charge in [-0.05, 0) is 48.0 Å². The van der Waals surface area contributed by atoms with E-state index < -0.39 is 4.92 Å². The first-order valence-electron chi connectivity index (χ1n) is 9.28. The molecular formula is C23H16N4O3S. The molecule has 0 aliphatic carbocycles. The predicted molar refractivity (Wildman–Crippen MR) is 122 cm³/mol. The van der Waals surface area contributed by atoms with Crippen LogP contribution in [0.4, 0.5) is 11.4 Å². The summed E-state index contributed by atoms with van der Waals surface area (Å²) in [5.41, 5.74) is 4.08. The van der Waals surface area contributed by atoms with Gasteiger partial charge in [-0.25, -0.2) is 4.98 Å². The minimum atomic E-state index is -0.463. The van der Waals surface area contributed by atoms with Gasteiger partial charge in [-0.15, -0.1) is 11.3 Å². The van der Waals surface area contributed by atoms with Crippen LogP contribution in [0.1, 0.15) is 5.56 Å². The molecule has 31 heavy (non-hydrogen) atoms. The molecule has 7 nitrogen and oxygen atoms in total. The Morgan fingerprint density at radius 3 is 2.55 bits per heavy atom. The van der Waals surface area contributed by atoms with Gasteiger partial charge in [0.05, 0.1) is 10.6 Å². The fraction of sp³-hybridized carbons (Fsp3) is 0. The number of nitro groups is 1. The standard InChI is InChI=1S/C23H16N4O3S/c28-22(9-6-16-4-7-20(8-5-16)27(29)30)25-19-3-1-2-18(14-19)21-15-31-23(26-21)17-10-12-24-13-11-17/h1-15H,(H,25,28)/b9-6+. The zero-order valence-corrected chi connectivity index (χ0v) is 17.0. The SMILES string of the molecule is O=C(/C=C/c1ccc([N+](=O)[O-])cc1)Nc1cccc(-c2csc(-c3ccncc3)n2)c1. The smallest absolute Gasteiger partial charge is 0.269 e. The maximum Gasteiger partial charge on any atom is 0.269 e. The van der Waals surface area contributed by atoms with E-state index in [1.54, 1.807) is 48.0 Å². The lowest BCUT2D eigenvalue weighted by atomic mass is 10.1. The molecule has 0 saturated carbocycles. The molecule has 1 N–H and O–H groups in total. The molecule has 0 spiro atoms. The van der Waals surface area contributed by atoms with Crippen LogP contribution in [0.5, 0.6) is 0 Å². The molecule has 0 aliphatic rings. The molecule has 0 radical (unpaired) electrons. The van der Waals surface area contributed by atoms with E-state index in [4.69, 9.17) is 0 Å². The fourth-order valence-corrected chi connectivity index (χ4v) is 3.69. The summed E-state index contributed by atoms with van der Waals surface area (Å²) in [6.45, 7) is 0. The highest BCUT2D eigenvalue weighted by molar-refractivity contribution is 7.13. The van der Waals surface area contributed by atoms with Crippen LogP contribution < -0.4 is 5.32 Å². The van der Waals surface area contributed by atoms with Gasteiger partial charge in [-0.3, -0.25) is 19.9 Å². The number of benzene rings is 2. The molecule has 2 aromatic heterocycles. The van der Waals surface area contributed by atoms with Gasteiger partial charge < -0.3 is 5.32 Å². The number of non-ortho nitro benzene ring substituents is 1. The number of hydrogen-bond donors (Lipinski definition) is 1. The predicted octanol–water partition coefficient (Wildman–Crippen LogP) is 5.43. The van der Waals surface area contributed by atoms with Gasteiger partial charge in [-0.1, -0.05) is 12.1 Å². The molecular weight excluding hydrogens is 412 g/mol. The van der Waals surface area contributed by atoms with Crippen LogP contribution in [0, 0.1) is 10.1 Å². The van der Waals surface area contributed by atoms with E-state index in [-0.39, 0.29) is 11.6 Å². The van der Waals surface area contributed by atoms with Gasteiger partial charge in [0.1, 0.15) is 5.01 Å². The number of aromatic nitrogens is 2. The number of nitrogens with zero attached hydrogens (tertiary/aromatic N) is 3. The Bertz CT molecular complexity index is 1250. The first kappa shape index (κ1) is 20.1. The van der Waals surface area contributed by atoms with Crippen LogP contribution in [-0.2, 0) is 4.79 Å². The Morgan fingerprint density at radius 2 is 1.81 bits per heavy atom. The lowest BCUT2D eigenvalue weighted by Gasteiger charge is -2.04. The molecule has 1 amide bonds. The zero-order chi connectivity index (χ0) is 21.6. The summed E-state index contributed by atoms with van der Waals surface area (Å²) < 4.78 is 0. The number of amides is 1. The number of anilines is 1. The molecule has 4 rings (SSSR count). The summed E-state index contributed by atoms with van der Waals surface area (Å²) in [4.78, 5) is 31.2. The second-order valence-corrected chi connectivity index (χ2v) is 7.38. The van der Waals surface area contributed by atoms with Gasteiger partial charge in [0, 0.05) is 52.8 Å². The highest BCUT2D eigenvalue weighted by Gasteiger charge is 2.08. The molecule has 0 unspecified atom stereocenters. The molecule has 152 valence electrons. The Balaban J connectivity index is 1.44. The van der Waals surface area contributed by atoms with E-state index in [2.05, 4.69) is 15.3 Å². The van der Waals surface area contributed by atoms with Crippen molar-refractivity contribution in [3.63, 3.8) is 0 Å². The highest BCUT2D eigenvalue weighted by atomic mass is 32.1. The van der Waals surface area contributed by atoms with Gasteiger partial charge >= 0.3 is 0 Å². The Labute approximate surface area is 181 Å². The van der Waals surface area contributed by atoms with Crippen LogP contribution in [0.2, 0.25) is 0 Å². The summed E-state index contributed by atoms with van der Waals surface area (Å²) in [5, 5.41) is 16.4. The summed E-state index contributed by atoms with van der Waals surface area (Å²) in [7, 11) is 0. The molecule has 2 heterocycles. The summed E-state index contributed by atoms with van der Waals surface area (Å²) in [6.07, 6.45) is 6.45. The van der Waals surface area contributed by atoms with Crippen molar-refractivity contribution in [3.8, 4) is 21.8 Å². The van der Waals surface area contributed by atoms with Crippen molar-refractivity contribution in [2.75, 3.05) is 5.32 Å². The van der Waals surface area contributed by atoms with Crippen molar-refractivity contribution in [2.45, 2.75) is 0 Å². The van der Waals surface area contributed by atoms with Crippen molar-refractivity contribution < 1.29 is 9.72 Å². The van der Waals surface area contributed by atoms with Crippen LogP contribution in [-0.4, -0.2) is 20.8 Å². The van der Waals surface area contributed by atoms with Gasteiger partial charge in [-0.2, -0.15) is 0 Å². The number of nitro benzene ring substituents is 1. The maximum atomic E-state index is 12.3. The number of nitrogens with one attached hydrogen (secondary N) is 1. The van der Waals surface area contributed by atoms with Crippen molar-refractivity contribution in [1.82, 2.24) is 9.97 Å². The third kappa shape index (κ3) is 5.06. The number of carbonyl (C=O) groups excluding carboxylic acids is 1. The van der Waals surface area contributed by atoms with Crippen molar-refractivity contribution in [3.05, 3.63) is 100 Å². The van der Waals surface area contributed by atoms with Crippen LogP contribution in [0.15, 0.2) is 84.5 Å². The number of hydrogen-bond acceptors (Lipinski definition) is 6. The lowest BCUT2D eigenvalue weighted by molar-refractivity contribution is -0.384. The summed E-state index contributed by atoms with van der Waals surface area (Å²) in [6, 6.07) is 17.3. The third-order valence-electron chi connectivity index (χ3n) is 4.39. The maximum absolute atomic E-state index is 12.3. The molecule has 0 fully saturated rings. The number of pyridine rings is 1. The largest absolute Gasteiger partial charge is 0.322 e. The summed E-state index contributed by atoms with van der Waals surface area (Å²) >= 11 is 1.55. The zero-order valence-electron chi connectivity index (χ0n) is 16.1. The van der Waals surface area contributed by atoms with Gasteiger partial charge in [0.25, 0.3) is 5.69 Å². The number of rotatable bonds is 6. The van der Waals surface area contributed by atoms with Crippen LogP contribution in [0.3, 0.4) is 0 Å². The Morgan fingerprint density at radius 1 is 1.03 bits per heavy atom. The third-order valence-corrected chi connectivity index (χ3v) is 5.28. The average Bonchev–Trinajstić information content (AvgIpc) is 3.29. The first-order chi connectivity index (χ1) is 15.1. The van der Waals surface area contributed by atoms with E-state index in [1.807, 2.05) is 35.7 Å². The number of carbonyl (C=O) groups is 1. The van der Waals surface area contributed by atoms with E-state index in [0.717, 1.165) is 21.8 Å².